The number of anilines is 1. The van der Waals surface area contributed by atoms with Gasteiger partial charge in [0.25, 0.3) is 5.91 Å². The van der Waals surface area contributed by atoms with Crippen molar-refractivity contribution >= 4 is 23.2 Å². The summed E-state index contributed by atoms with van der Waals surface area (Å²) in [4.78, 5) is 14.3. The van der Waals surface area contributed by atoms with Gasteiger partial charge in [-0.2, -0.15) is 0 Å². The van der Waals surface area contributed by atoms with Gasteiger partial charge in [0.2, 0.25) is 0 Å². The number of carbonyl (C=O) groups is 1. The molecular weight excluding hydrogens is 262 g/mol. The van der Waals surface area contributed by atoms with Crippen LogP contribution in [0.1, 0.15) is 24.2 Å². The molecule has 1 rings (SSSR count). The summed E-state index contributed by atoms with van der Waals surface area (Å²) in [6.07, 6.45) is 0. The van der Waals surface area contributed by atoms with E-state index in [1.807, 2.05) is 7.05 Å². The number of benzene rings is 1. The minimum absolute atomic E-state index is 0.107. The fourth-order valence-electron chi connectivity index (χ4n) is 1.62. The number of amides is 1. The zero-order chi connectivity index (χ0) is 14.4. The van der Waals surface area contributed by atoms with E-state index >= 15 is 0 Å². The Hall–Kier alpha value is -1.26. The highest BCUT2D eigenvalue weighted by Crippen LogP contribution is 2.20. The number of likely N-dealkylation sites (N-methyl/N-ethyl adjacent to an activating group) is 1. The molecule has 1 amide bonds. The van der Waals surface area contributed by atoms with E-state index in [-0.39, 0.29) is 5.91 Å². The second-order valence-corrected chi connectivity index (χ2v) is 5.21. The van der Waals surface area contributed by atoms with Crippen LogP contribution >= 0.6 is 11.6 Å². The maximum atomic E-state index is 12.1. The summed E-state index contributed by atoms with van der Waals surface area (Å²) in [5, 5.41) is 6.46. The highest BCUT2D eigenvalue weighted by Gasteiger charge is 2.11. The third kappa shape index (κ3) is 4.73. The molecule has 0 saturated carbocycles. The van der Waals surface area contributed by atoms with Crippen LogP contribution in [-0.2, 0) is 0 Å². The Bertz CT molecular complexity index is 435. The van der Waals surface area contributed by atoms with E-state index < -0.39 is 0 Å². The molecule has 1 aromatic carbocycles. The van der Waals surface area contributed by atoms with Crippen molar-refractivity contribution in [3.05, 3.63) is 28.8 Å². The van der Waals surface area contributed by atoms with Crippen LogP contribution in [0.3, 0.4) is 0 Å². The van der Waals surface area contributed by atoms with Crippen LogP contribution in [0, 0.1) is 0 Å². The number of hydrogen-bond donors (Lipinski definition) is 2. The van der Waals surface area contributed by atoms with Crippen molar-refractivity contribution in [3.8, 4) is 0 Å². The first-order valence-corrected chi connectivity index (χ1v) is 6.79. The van der Waals surface area contributed by atoms with Gasteiger partial charge in [0, 0.05) is 36.9 Å². The maximum Gasteiger partial charge on any atom is 0.253 e. The Balaban J connectivity index is 2.61. The van der Waals surface area contributed by atoms with Gasteiger partial charge in [-0.1, -0.05) is 11.6 Å². The highest BCUT2D eigenvalue weighted by atomic mass is 35.5. The summed E-state index contributed by atoms with van der Waals surface area (Å²) in [6.45, 7) is 5.68. The number of nitrogens with one attached hydrogen (secondary N) is 2. The van der Waals surface area contributed by atoms with Crippen LogP contribution in [0.4, 0.5) is 5.69 Å². The number of halogens is 1. The Morgan fingerprint density at radius 1 is 1.42 bits per heavy atom. The standard InChI is InChI=1S/C14H22ClN3O/c1-10(2)18(4)8-7-17-14(19)12-9-11(15)5-6-13(12)16-3/h5-6,9-10,16H,7-8H2,1-4H3,(H,17,19). The molecule has 0 radical (unpaired) electrons. The molecule has 0 heterocycles. The third-order valence-corrected chi connectivity index (χ3v) is 3.36. The van der Waals surface area contributed by atoms with Crippen molar-refractivity contribution in [2.24, 2.45) is 0 Å². The van der Waals surface area contributed by atoms with Crippen LogP contribution in [-0.4, -0.2) is 44.0 Å². The van der Waals surface area contributed by atoms with Gasteiger partial charge in [-0.05, 0) is 39.1 Å². The minimum atomic E-state index is -0.107. The van der Waals surface area contributed by atoms with Crippen molar-refractivity contribution in [1.29, 1.82) is 0 Å². The number of carbonyl (C=O) groups excluding carboxylic acids is 1. The predicted octanol–water partition coefficient (Wildman–Crippen LogP) is 2.45. The van der Waals surface area contributed by atoms with Crippen molar-refractivity contribution < 1.29 is 4.79 Å². The van der Waals surface area contributed by atoms with E-state index in [4.69, 9.17) is 11.6 Å². The number of hydrogen-bond acceptors (Lipinski definition) is 3. The van der Waals surface area contributed by atoms with Crippen molar-refractivity contribution in [3.63, 3.8) is 0 Å². The lowest BCUT2D eigenvalue weighted by molar-refractivity contribution is 0.0949. The van der Waals surface area contributed by atoms with Gasteiger partial charge in [0.1, 0.15) is 0 Å². The lowest BCUT2D eigenvalue weighted by atomic mass is 10.1. The molecule has 19 heavy (non-hydrogen) atoms. The summed E-state index contributed by atoms with van der Waals surface area (Å²) in [5.74, 6) is -0.107. The Labute approximate surface area is 120 Å². The average molecular weight is 284 g/mol. The average Bonchev–Trinajstić information content (AvgIpc) is 2.38. The first-order valence-electron chi connectivity index (χ1n) is 6.41. The van der Waals surface area contributed by atoms with Crippen LogP contribution < -0.4 is 10.6 Å². The van der Waals surface area contributed by atoms with Gasteiger partial charge in [-0.15, -0.1) is 0 Å². The SMILES string of the molecule is CNc1ccc(Cl)cc1C(=O)NCCN(C)C(C)C. The van der Waals surface area contributed by atoms with Gasteiger partial charge >= 0.3 is 0 Å². The molecule has 0 fully saturated rings. The third-order valence-electron chi connectivity index (χ3n) is 3.13. The molecule has 0 atom stereocenters. The summed E-state index contributed by atoms with van der Waals surface area (Å²) in [7, 11) is 3.82. The molecule has 0 unspecified atom stereocenters. The molecule has 2 N–H and O–H groups in total. The van der Waals surface area contributed by atoms with Gasteiger partial charge in [-0.3, -0.25) is 4.79 Å². The Morgan fingerprint density at radius 3 is 2.68 bits per heavy atom. The van der Waals surface area contributed by atoms with Crippen molar-refractivity contribution in [1.82, 2.24) is 10.2 Å². The fourth-order valence-corrected chi connectivity index (χ4v) is 1.79. The van der Waals surface area contributed by atoms with Gasteiger partial charge in [0.15, 0.2) is 0 Å². The molecule has 0 saturated heterocycles. The highest BCUT2D eigenvalue weighted by molar-refractivity contribution is 6.31. The van der Waals surface area contributed by atoms with Crippen LogP contribution in [0.2, 0.25) is 5.02 Å². The molecule has 0 bridgehead atoms. The van der Waals surface area contributed by atoms with Crippen LogP contribution in [0.5, 0.6) is 0 Å². The minimum Gasteiger partial charge on any atom is -0.387 e. The second-order valence-electron chi connectivity index (χ2n) is 4.77. The lowest BCUT2D eigenvalue weighted by Gasteiger charge is -2.21. The van der Waals surface area contributed by atoms with Gasteiger partial charge in [0.05, 0.1) is 5.56 Å². The normalized spacial score (nSPS) is 10.9. The molecular formula is C14H22ClN3O. The maximum absolute atomic E-state index is 12.1. The van der Waals surface area contributed by atoms with Crippen molar-refractivity contribution in [2.75, 3.05) is 32.5 Å². The Kier molecular flexibility index (Phi) is 6.12. The molecule has 106 valence electrons. The van der Waals surface area contributed by atoms with E-state index in [0.29, 0.717) is 23.2 Å². The molecule has 4 nitrogen and oxygen atoms in total. The predicted molar refractivity (Wildman–Crippen MR) is 81.1 cm³/mol. The van der Waals surface area contributed by atoms with E-state index in [0.717, 1.165) is 12.2 Å². The Morgan fingerprint density at radius 2 is 2.11 bits per heavy atom. The van der Waals surface area contributed by atoms with E-state index in [2.05, 4.69) is 29.4 Å². The molecule has 0 aliphatic heterocycles. The van der Waals surface area contributed by atoms with Gasteiger partial charge < -0.3 is 15.5 Å². The fraction of sp³-hybridized carbons (Fsp3) is 0.500. The topological polar surface area (TPSA) is 44.4 Å². The van der Waals surface area contributed by atoms with Gasteiger partial charge in [-0.25, -0.2) is 0 Å². The number of nitrogens with zero attached hydrogens (tertiary/aromatic N) is 1. The second kappa shape index (κ2) is 7.36. The summed E-state index contributed by atoms with van der Waals surface area (Å²) < 4.78 is 0. The molecule has 1 aromatic rings. The largest absolute Gasteiger partial charge is 0.387 e. The van der Waals surface area contributed by atoms with Crippen LogP contribution in [0.25, 0.3) is 0 Å². The molecule has 0 aliphatic carbocycles. The van der Waals surface area contributed by atoms with Crippen LogP contribution in [0.15, 0.2) is 18.2 Å². The van der Waals surface area contributed by atoms with E-state index in [1.165, 1.54) is 0 Å². The lowest BCUT2D eigenvalue weighted by Crippen LogP contribution is -2.36. The zero-order valence-corrected chi connectivity index (χ0v) is 12.7. The number of rotatable bonds is 6. The summed E-state index contributed by atoms with van der Waals surface area (Å²) >= 11 is 5.93. The first kappa shape index (κ1) is 15.8. The first-order chi connectivity index (χ1) is 8.95. The smallest absolute Gasteiger partial charge is 0.253 e. The monoisotopic (exact) mass is 283 g/mol. The summed E-state index contributed by atoms with van der Waals surface area (Å²) in [6, 6.07) is 5.71. The molecule has 0 aliphatic rings. The zero-order valence-electron chi connectivity index (χ0n) is 12.0. The quantitative estimate of drug-likeness (QED) is 0.843. The van der Waals surface area contributed by atoms with E-state index in [9.17, 15) is 4.79 Å². The molecule has 5 heteroatoms. The molecule has 0 aromatic heterocycles. The van der Waals surface area contributed by atoms with E-state index in [1.54, 1.807) is 25.2 Å². The van der Waals surface area contributed by atoms with Crippen molar-refractivity contribution in [2.45, 2.75) is 19.9 Å². The summed E-state index contributed by atoms with van der Waals surface area (Å²) in [5.41, 5.74) is 1.35. The molecule has 0 spiro atoms.